The average Bonchev–Trinajstić information content (AvgIpc) is 2.35. The highest BCUT2D eigenvalue weighted by Gasteiger charge is 2.24. The predicted molar refractivity (Wildman–Crippen MR) is 57.8 cm³/mol. The van der Waals surface area contributed by atoms with E-state index >= 15 is 0 Å². The summed E-state index contributed by atoms with van der Waals surface area (Å²) in [6, 6.07) is 9.02. The van der Waals surface area contributed by atoms with Crippen LogP contribution < -0.4 is 0 Å². The zero-order valence-electron chi connectivity index (χ0n) is 9.30. The summed E-state index contributed by atoms with van der Waals surface area (Å²) in [7, 11) is 2.59. The Morgan fingerprint density at radius 2 is 1.75 bits per heavy atom. The van der Waals surface area contributed by atoms with Crippen LogP contribution in [-0.4, -0.2) is 26.2 Å². The third kappa shape index (κ3) is 3.08. The lowest BCUT2D eigenvalue weighted by atomic mass is 9.96. The molecule has 0 saturated carbocycles. The van der Waals surface area contributed by atoms with Crippen molar-refractivity contribution in [1.29, 1.82) is 0 Å². The van der Waals surface area contributed by atoms with Crippen molar-refractivity contribution < 1.29 is 19.1 Å². The molecule has 1 unspecified atom stereocenters. The van der Waals surface area contributed by atoms with Gasteiger partial charge in [0, 0.05) is 0 Å². The Kier molecular flexibility index (Phi) is 4.51. The molecule has 1 aromatic rings. The minimum Gasteiger partial charge on any atom is -0.469 e. The van der Waals surface area contributed by atoms with Crippen LogP contribution in [0.5, 0.6) is 0 Å². The summed E-state index contributed by atoms with van der Waals surface area (Å²) in [4.78, 5) is 22.7. The number of carbonyl (C=O) groups excluding carboxylic acids is 2. The van der Waals surface area contributed by atoms with Gasteiger partial charge in [-0.3, -0.25) is 9.59 Å². The van der Waals surface area contributed by atoms with Crippen LogP contribution in [-0.2, 0) is 19.1 Å². The number of methoxy groups -OCH3 is 2. The van der Waals surface area contributed by atoms with E-state index in [2.05, 4.69) is 9.47 Å². The van der Waals surface area contributed by atoms with Gasteiger partial charge in [-0.1, -0.05) is 30.3 Å². The Morgan fingerprint density at radius 3 is 2.25 bits per heavy atom. The number of esters is 2. The summed E-state index contributed by atoms with van der Waals surface area (Å²) in [5.74, 6) is -1.46. The van der Waals surface area contributed by atoms with Gasteiger partial charge < -0.3 is 9.47 Å². The monoisotopic (exact) mass is 222 g/mol. The Balaban J connectivity index is 2.88. The highest BCUT2D eigenvalue weighted by Crippen LogP contribution is 2.21. The van der Waals surface area contributed by atoms with Crippen LogP contribution in [0.3, 0.4) is 0 Å². The molecule has 16 heavy (non-hydrogen) atoms. The number of hydrogen-bond acceptors (Lipinski definition) is 4. The second-order valence-corrected chi connectivity index (χ2v) is 3.27. The van der Waals surface area contributed by atoms with E-state index in [1.165, 1.54) is 14.2 Å². The van der Waals surface area contributed by atoms with Crippen molar-refractivity contribution in [2.75, 3.05) is 14.2 Å². The molecule has 1 atom stereocenters. The summed E-state index contributed by atoms with van der Waals surface area (Å²) in [5.41, 5.74) is 0.750. The molecular formula is C12H14O4. The zero-order valence-corrected chi connectivity index (χ0v) is 9.30. The molecule has 0 aliphatic rings. The van der Waals surface area contributed by atoms with E-state index in [-0.39, 0.29) is 6.42 Å². The molecule has 0 spiro atoms. The maximum Gasteiger partial charge on any atom is 0.313 e. The quantitative estimate of drug-likeness (QED) is 0.724. The van der Waals surface area contributed by atoms with Crippen LogP contribution in [0, 0.1) is 0 Å². The predicted octanol–water partition coefficient (Wildman–Crippen LogP) is 1.51. The highest BCUT2D eigenvalue weighted by atomic mass is 16.5. The molecule has 1 rings (SSSR count). The molecule has 0 aliphatic heterocycles. The Labute approximate surface area is 94.2 Å². The van der Waals surface area contributed by atoms with Gasteiger partial charge in [0.05, 0.1) is 26.6 Å². The molecular weight excluding hydrogens is 208 g/mol. The molecule has 0 N–H and O–H groups in total. The van der Waals surface area contributed by atoms with Crippen LogP contribution in [0.4, 0.5) is 0 Å². The van der Waals surface area contributed by atoms with Gasteiger partial charge in [0.25, 0.3) is 0 Å². The summed E-state index contributed by atoms with van der Waals surface area (Å²) < 4.78 is 9.22. The Bertz CT molecular complexity index is 359. The first-order valence-corrected chi connectivity index (χ1v) is 4.88. The van der Waals surface area contributed by atoms with Gasteiger partial charge in [-0.25, -0.2) is 0 Å². The van der Waals surface area contributed by atoms with Gasteiger partial charge in [-0.2, -0.15) is 0 Å². The lowest BCUT2D eigenvalue weighted by Gasteiger charge is -2.13. The van der Waals surface area contributed by atoms with Gasteiger partial charge in [-0.05, 0) is 5.56 Å². The summed E-state index contributed by atoms with van der Waals surface area (Å²) >= 11 is 0. The largest absolute Gasteiger partial charge is 0.469 e. The minimum atomic E-state index is -0.598. The Hall–Kier alpha value is -1.84. The van der Waals surface area contributed by atoms with Gasteiger partial charge in [0.15, 0.2) is 0 Å². The molecule has 0 heterocycles. The van der Waals surface area contributed by atoms with Crippen LogP contribution in [0.25, 0.3) is 0 Å². The fraction of sp³-hybridized carbons (Fsp3) is 0.333. The van der Waals surface area contributed by atoms with Crippen LogP contribution in [0.15, 0.2) is 30.3 Å². The molecule has 0 radical (unpaired) electrons. The molecule has 0 bridgehead atoms. The number of benzene rings is 1. The van der Waals surface area contributed by atoms with Gasteiger partial charge >= 0.3 is 11.9 Å². The molecule has 0 aromatic heterocycles. The molecule has 0 saturated heterocycles. The van der Waals surface area contributed by atoms with Crippen molar-refractivity contribution >= 4 is 11.9 Å². The molecule has 1 aromatic carbocycles. The lowest BCUT2D eigenvalue weighted by Crippen LogP contribution is -2.18. The van der Waals surface area contributed by atoms with Gasteiger partial charge in [-0.15, -0.1) is 0 Å². The van der Waals surface area contributed by atoms with E-state index in [4.69, 9.17) is 0 Å². The van der Waals surface area contributed by atoms with Gasteiger partial charge in [0.2, 0.25) is 0 Å². The minimum absolute atomic E-state index is 0.00676. The first kappa shape index (κ1) is 12.2. The summed E-state index contributed by atoms with van der Waals surface area (Å²) in [6.07, 6.45) is -0.00676. The summed E-state index contributed by atoms with van der Waals surface area (Å²) in [5, 5.41) is 0. The van der Waals surface area contributed by atoms with E-state index < -0.39 is 17.9 Å². The fourth-order valence-electron chi connectivity index (χ4n) is 1.41. The van der Waals surface area contributed by atoms with E-state index in [1.807, 2.05) is 18.2 Å². The third-order valence-corrected chi connectivity index (χ3v) is 2.29. The van der Waals surface area contributed by atoms with Crippen molar-refractivity contribution in [3.63, 3.8) is 0 Å². The van der Waals surface area contributed by atoms with E-state index in [0.29, 0.717) is 0 Å². The smallest absolute Gasteiger partial charge is 0.313 e. The third-order valence-electron chi connectivity index (χ3n) is 2.29. The SMILES string of the molecule is COC(=O)CC(C(=O)OC)c1ccccc1. The van der Waals surface area contributed by atoms with Crippen molar-refractivity contribution in [3.05, 3.63) is 35.9 Å². The second kappa shape index (κ2) is 5.90. The highest BCUT2D eigenvalue weighted by molar-refractivity contribution is 5.84. The number of ether oxygens (including phenoxy) is 2. The van der Waals surface area contributed by atoms with Crippen LogP contribution >= 0.6 is 0 Å². The normalized spacial score (nSPS) is 11.6. The first-order valence-electron chi connectivity index (χ1n) is 4.88. The first-order chi connectivity index (χ1) is 7.69. The topological polar surface area (TPSA) is 52.6 Å². The number of hydrogen-bond donors (Lipinski definition) is 0. The number of carbonyl (C=O) groups is 2. The van der Waals surface area contributed by atoms with Crippen molar-refractivity contribution in [1.82, 2.24) is 0 Å². The zero-order chi connectivity index (χ0) is 12.0. The molecule has 0 aliphatic carbocycles. The lowest BCUT2D eigenvalue weighted by molar-refractivity contribution is -0.149. The standard InChI is InChI=1S/C12H14O4/c1-15-11(13)8-10(12(14)16-2)9-6-4-3-5-7-9/h3-7,10H,8H2,1-2H3. The van der Waals surface area contributed by atoms with Gasteiger partial charge in [0.1, 0.15) is 0 Å². The molecule has 4 heteroatoms. The van der Waals surface area contributed by atoms with Crippen LogP contribution in [0.1, 0.15) is 17.9 Å². The Morgan fingerprint density at radius 1 is 1.12 bits per heavy atom. The number of rotatable bonds is 4. The van der Waals surface area contributed by atoms with Crippen LogP contribution in [0.2, 0.25) is 0 Å². The maximum absolute atomic E-state index is 11.5. The second-order valence-electron chi connectivity index (χ2n) is 3.27. The molecule has 0 fully saturated rings. The fourth-order valence-corrected chi connectivity index (χ4v) is 1.41. The average molecular weight is 222 g/mol. The van der Waals surface area contributed by atoms with Crippen molar-refractivity contribution in [3.8, 4) is 0 Å². The van der Waals surface area contributed by atoms with E-state index in [0.717, 1.165) is 5.56 Å². The maximum atomic E-state index is 11.5. The summed E-state index contributed by atoms with van der Waals surface area (Å²) in [6.45, 7) is 0. The molecule has 0 amide bonds. The van der Waals surface area contributed by atoms with E-state index in [1.54, 1.807) is 12.1 Å². The molecule has 4 nitrogen and oxygen atoms in total. The van der Waals surface area contributed by atoms with E-state index in [9.17, 15) is 9.59 Å². The molecule has 86 valence electrons. The van der Waals surface area contributed by atoms with Crippen molar-refractivity contribution in [2.45, 2.75) is 12.3 Å². The van der Waals surface area contributed by atoms with Crippen molar-refractivity contribution in [2.24, 2.45) is 0 Å².